The van der Waals surface area contributed by atoms with Crippen LogP contribution in [0.2, 0.25) is 5.15 Å². The third kappa shape index (κ3) is 3.68. The van der Waals surface area contributed by atoms with Crippen molar-refractivity contribution in [3.05, 3.63) is 41.2 Å². The molecule has 38 heavy (non-hydrogen) atoms. The summed E-state index contributed by atoms with van der Waals surface area (Å²) in [5.74, 6) is -2.94. The van der Waals surface area contributed by atoms with Gasteiger partial charge in [0.05, 0.1) is 11.7 Å². The lowest BCUT2D eigenvalue weighted by atomic mass is 9.33. The second-order valence-electron chi connectivity index (χ2n) is 12.6. The number of Topliss-reactive ketones (excluding diaryl/α,β-unsaturated/α-hetero) is 2. The first-order valence-corrected chi connectivity index (χ1v) is 13.9. The zero-order chi connectivity index (χ0) is 28.4. The van der Waals surface area contributed by atoms with Crippen LogP contribution in [0.4, 0.5) is 0 Å². The number of halogens is 1. The number of nitrogens with zero attached hydrogens (tertiary/aromatic N) is 1. The number of hydrogen-bond donors (Lipinski definition) is 2. The number of aliphatic hydroxyl groups is 2. The number of aromatic nitrogens is 1. The molecule has 3 saturated carbocycles. The van der Waals surface area contributed by atoms with E-state index in [0.717, 1.165) is 0 Å². The molecule has 3 aliphatic carbocycles. The Morgan fingerprint density at radius 2 is 1.89 bits per heavy atom. The second kappa shape index (κ2) is 9.53. The normalized spacial score (nSPS) is 40.0. The minimum atomic E-state index is -1.96. The van der Waals surface area contributed by atoms with Crippen molar-refractivity contribution in [3.8, 4) is 0 Å². The molecule has 0 amide bonds. The largest absolute Gasteiger partial charge is 0.457 e. The summed E-state index contributed by atoms with van der Waals surface area (Å²) in [6.07, 6.45) is 0.776. The molecule has 0 radical (unpaired) electrons. The Balaban J connectivity index is 2.01. The van der Waals surface area contributed by atoms with Crippen LogP contribution in [0.5, 0.6) is 0 Å². The summed E-state index contributed by atoms with van der Waals surface area (Å²) in [5, 5.41) is 24.6. The summed E-state index contributed by atoms with van der Waals surface area (Å²) < 4.78 is 6.20. The molecule has 3 fully saturated rings. The van der Waals surface area contributed by atoms with Crippen LogP contribution in [0.3, 0.4) is 0 Å². The van der Waals surface area contributed by atoms with E-state index in [1.165, 1.54) is 19.2 Å². The Bertz CT molecular complexity index is 1180. The molecule has 0 aliphatic heterocycles. The Labute approximate surface area is 230 Å². The zero-order valence-corrected chi connectivity index (χ0v) is 24.0. The fourth-order valence-corrected chi connectivity index (χ4v) is 8.94. The van der Waals surface area contributed by atoms with E-state index in [1.54, 1.807) is 19.9 Å². The first-order valence-electron chi connectivity index (χ1n) is 13.5. The molecule has 2 unspecified atom stereocenters. The van der Waals surface area contributed by atoms with Gasteiger partial charge in [0.25, 0.3) is 0 Å². The molecule has 1 aromatic rings. The molecular weight excluding hydrogens is 506 g/mol. The quantitative estimate of drug-likeness (QED) is 0.305. The lowest BCUT2D eigenvalue weighted by Gasteiger charge is -2.71. The molecule has 2 N–H and O–H groups in total. The van der Waals surface area contributed by atoms with Crippen molar-refractivity contribution in [2.75, 3.05) is 0 Å². The molecule has 208 valence electrons. The molecule has 3 aliphatic rings. The van der Waals surface area contributed by atoms with Crippen LogP contribution in [0.15, 0.2) is 30.5 Å². The van der Waals surface area contributed by atoms with Gasteiger partial charge >= 0.3 is 5.97 Å². The highest BCUT2D eigenvalue weighted by Crippen LogP contribution is 2.71. The molecule has 0 saturated heterocycles. The number of ketones is 2. The Morgan fingerprint density at radius 1 is 1.24 bits per heavy atom. The predicted molar refractivity (Wildman–Crippen MR) is 143 cm³/mol. The van der Waals surface area contributed by atoms with Gasteiger partial charge in [0, 0.05) is 29.9 Å². The number of ether oxygens (including phenoxy) is 1. The molecule has 1 heterocycles. The Hall–Kier alpha value is -2.09. The van der Waals surface area contributed by atoms with E-state index in [-0.39, 0.29) is 22.9 Å². The van der Waals surface area contributed by atoms with Crippen LogP contribution < -0.4 is 0 Å². The van der Waals surface area contributed by atoms with Crippen LogP contribution in [0.1, 0.15) is 84.0 Å². The maximum Gasteiger partial charge on any atom is 0.341 e. The summed E-state index contributed by atoms with van der Waals surface area (Å²) in [5.41, 5.74) is -4.55. The molecule has 0 aromatic carbocycles. The molecule has 7 nitrogen and oxygen atoms in total. The van der Waals surface area contributed by atoms with Gasteiger partial charge in [0.2, 0.25) is 0 Å². The number of fused-ring (bicyclic) bond motifs is 3. The van der Waals surface area contributed by atoms with Gasteiger partial charge in [-0.3, -0.25) is 9.59 Å². The average Bonchev–Trinajstić information content (AvgIpc) is 2.84. The topological polar surface area (TPSA) is 114 Å². The lowest BCUT2D eigenvalue weighted by molar-refractivity contribution is -0.307. The van der Waals surface area contributed by atoms with Gasteiger partial charge in [0.15, 0.2) is 0 Å². The number of hydrogen-bond acceptors (Lipinski definition) is 7. The Kier molecular flexibility index (Phi) is 7.25. The first-order chi connectivity index (χ1) is 17.6. The molecule has 0 bridgehead atoms. The third-order valence-electron chi connectivity index (χ3n) is 10.4. The molecule has 0 spiro atoms. The number of carbonyl (C=O) groups is 3. The van der Waals surface area contributed by atoms with E-state index in [2.05, 4.69) is 11.6 Å². The van der Waals surface area contributed by atoms with E-state index in [1.807, 2.05) is 20.8 Å². The van der Waals surface area contributed by atoms with E-state index in [9.17, 15) is 24.6 Å². The van der Waals surface area contributed by atoms with Crippen LogP contribution in [0.25, 0.3) is 0 Å². The SMILES string of the molecule is C=C(C)[C@@H]1CC[C@H]2C3(C)C(=O)CCC(C)(C)[C@H]3[C@H](O)C(O)(CC)[C@@]2(C(C)=O)[C@@H]1OC(=O)c1cccnc1Cl. The maximum absolute atomic E-state index is 14.1. The van der Waals surface area contributed by atoms with Crippen LogP contribution in [0, 0.1) is 34.0 Å². The van der Waals surface area contributed by atoms with Crippen LogP contribution in [-0.2, 0) is 14.3 Å². The van der Waals surface area contributed by atoms with Crippen molar-refractivity contribution in [1.29, 1.82) is 0 Å². The fraction of sp³-hybridized carbons (Fsp3) is 0.667. The van der Waals surface area contributed by atoms with E-state index < -0.39 is 63.6 Å². The van der Waals surface area contributed by atoms with Crippen molar-refractivity contribution >= 4 is 29.1 Å². The monoisotopic (exact) mass is 545 g/mol. The summed E-state index contributed by atoms with van der Waals surface area (Å²) in [6, 6.07) is 3.05. The first kappa shape index (κ1) is 28.9. The molecule has 1 aromatic heterocycles. The third-order valence-corrected chi connectivity index (χ3v) is 10.7. The maximum atomic E-state index is 14.1. The van der Waals surface area contributed by atoms with Crippen molar-refractivity contribution in [1.82, 2.24) is 4.98 Å². The van der Waals surface area contributed by atoms with Gasteiger partial charge in [-0.15, -0.1) is 0 Å². The van der Waals surface area contributed by atoms with Gasteiger partial charge in [-0.1, -0.05) is 51.4 Å². The molecule has 8 atom stereocenters. The van der Waals surface area contributed by atoms with Gasteiger partial charge in [-0.2, -0.15) is 0 Å². The summed E-state index contributed by atoms with van der Waals surface area (Å²) in [7, 11) is 0. The van der Waals surface area contributed by atoms with Crippen LogP contribution >= 0.6 is 11.6 Å². The number of carbonyl (C=O) groups excluding carboxylic acids is 3. The predicted octanol–water partition coefficient (Wildman–Crippen LogP) is 4.97. The summed E-state index contributed by atoms with van der Waals surface area (Å²) in [6.45, 7) is 14.9. The molecular formula is C30H40ClNO6. The minimum Gasteiger partial charge on any atom is -0.457 e. The van der Waals surface area contributed by atoms with E-state index >= 15 is 0 Å². The van der Waals surface area contributed by atoms with Crippen molar-refractivity contribution in [2.45, 2.75) is 91.5 Å². The number of rotatable bonds is 5. The Morgan fingerprint density at radius 3 is 2.45 bits per heavy atom. The minimum absolute atomic E-state index is 0.0243. The van der Waals surface area contributed by atoms with Gasteiger partial charge < -0.3 is 14.9 Å². The smallest absolute Gasteiger partial charge is 0.341 e. The average molecular weight is 546 g/mol. The fourth-order valence-electron chi connectivity index (χ4n) is 8.74. The second-order valence-corrected chi connectivity index (χ2v) is 12.9. The van der Waals surface area contributed by atoms with E-state index in [0.29, 0.717) is 31.3 Å². The van der Waals surface area contributed by atoms with Crippen LogP contribution in [-0.4, -0.2) is 50.5 Å². The van der Waals surface area contributed by atoms with Gasteiger partial charge in [-0.05, 0) is 63.0 Å². The summed E-state index contributed by atoms with van der Waals surface area (Å²) >= 11 is 6.21. The standard InChI is InChI=1S/C30H40ClNO6/c1-8-29(37)23(35)22-27(5,6)14-13-21(34)28(22,7)20-12-11-18(16(2)3)24(30(20,29)17(4)33)38-26(36)19-10-9-15-32-25(19)31/h9-10,15,18,20,22-24,35,37H,2,8,11-14H2,1,3-7H3/t18-,20-,22+,23-,24+,28?,29?,30+/m0/s1. The van der Waals surface area contributed by atoms with Crippen molar-refractivity contribution in [3.63, 3.8) is 0 Å². The van der Waals surface area contributed by atoms with Crippen molar-refractivity contribution < 1.29 is 29.3 Å². The van der Waals surface area contributed by atoms with E-state index in [4.69, 9.17) is 16.3 Å². The number of esters is 1. The van der Waals surface area contributed by atoms with Crippen molar-refractivity contribution in [2.24, 2.45) is 34.0 Å². The number of aliphatic hydroxyl groups excluding tert-OH is 1. The number of pyridine rings is 1. The lowest BCUT2D eigenvalue weighted by Crippen LogP contribution is -2.81. The van der Waals surface area contributed by atoms with Gasteiger partial charge in [-0.25, -0.2) is 9.78 Å². The summed E-state index contributed by atoms with van der Waals surface area (Å²) in [4.78, 5) is 45.5. The molecule has 8 heteroatoms. The zero-order valence-electron chi connectivity index (χ0n) is 23.2. The highest BCUT2D eigenvalue weighted by Gasteiger charge is 2.79. The highest BCUT2D eigenvalue weighted by atomic mass is 35.5. The highest BCUT2D eigenvalue weighted by molar-refractivity contribution is 6.32. The van der Waals surface area contributed by atoms with Gasteiger partial charge in [0.1, 0.15) is 33.8 Å². The molecule has 4 rings (SSSR count).